The lowest BCUT2D eigenvalue weighted by Gasteiger charge is -2.42. The van der Waals surface area contributed by atoms with Gasteiger partial charge in [0, 0.05) is 97.0 Å². The molecule has 4 heterocycles. The van der Waals surface area contributed by atoms with E-state index in [1.807, 2.05) is 44.2 Å². The van der Waals surface area contributed by atoms with Gasteiger partial charge in [-0.05, 0) is 106 Å². The van der Waals surface area contributed by atoms with Gasteiger partial charge in [0.1, 0.15) is 59.4 Å². The van der Waals surface area contributed by atoms with E-state index in [9.17, 15) is 48.3 Å². The molecule has 3 aromatic carbocycles. The van der Waals surface area contributed by atoms with Crippen molar-refractivity contribution in [3.63, 3.8) is 0 Å². The van der Waals surface area contributed by atoms with E-state index < -0.39 is 120 Å². The number of nitrogens with zero attached hydrogens (tertiary/aromatic N) is 4. The minimum Gasteiger partial charge on any atom is -0.495 e. The van der Waals surface area contributed by atoms with Crippen LogP contribution in [0.25, 0.3) is 0 Å². The molecule has 1 unspecified atom stereocenters. The zero-order valence-electron chi connectivity index (χ0n) is 60.9. The molecule has 30 nitrogen and oxygen atoms in total. The summed E-state index contributed by atoms with van der Waals surface area (Å²) in [6.07, 6.45) is 0.579. The molecule has 7 rings (SSSR count). The Morgan fingerprint density at radius 2 is 1.61 bits per heavy atom. The SMILES string of the molecule is CNN(C)CC1Cc2ccccc2N1CCC(=O)NCCOCCOCCC(=O)N[C@H](C(=O)N[C@@H](CCCNC(N)=O)C(=O)Nc1ccc(COC(=O)N(C)[C@@H](C)C(=O)O[C@H]2CC(=O)N(C)c3cc(cc(OC)c3Cl)C/C(C)=C/C=C/[C@@H](OC)[C@@]3(O)C[C@H](OC(=O)N3)[C@@H](C)[C@@H]3O[C@@]23C)cc1)C(C)C. The summed E-state index contributed by atoms with van der Waals surface area (Å²) in [4.78, 5) is 125. The average Bonchev–Trinajstić information content (AvgIpc) is 1.57. The van der Waals surface area contributed by atoms with Crippen molar-refractivity contribution in [3.05, 3.63) is 106 Å². The first-order valence-corrected chi connectivity index (χ1v) is 35.0. The van der Waals surface area contributed by atoms with Crippen LogP contribution in [0, 0.1) is 11.8 Å². The Morgan fingerprint density at radius 1 is 0.893 bits per heavy atom. The maximum absolute atomic E-state index is 14.5. The number of methoxy groups -OCH3 is 2. The highest BCUT2D eigenvalue weighted by Gasteiger charge is 2.64. The molecule has 11 atom stereocenters. The van der Waals surface area contributed by atoms with Gasteiger partial charge < -0.3 is 85.1 Å². The Kier molecular flexibility index (Phi) is 30.3. The standard InChI is InChI=1S/C72H103ClN12O18/c1-43(2)63(80-60(87)27-31-98-33-34-99-32-29-76-59(86)26-30-85-51(41-82(8)75-7)38-49-18-13-14-20-53(49)85)66(90)79-52(19-16-28-77-68(74)92)65(89)78-50-24-22-47(23-25-50)42-100-70(94)83(9)46(5)67(91)102-58-39-61(88)84(10)54-36-48(37-55(96-11)62(54)73)35-44(3)17-15-21-57(97-12)72(95)40-56(101-69(93)81-72)45(4)64-71(58,6)103-64/h13-15,17-18,20-25,36-37,43,45-46,51-52,56-58,63-64,75,95H,16,19,26-35,38-42H2,1-12H3,(H,76,86)(H,78,89)(H,79,90)(H,80,87)(H,81,93)(H3,74,77,92)/b21-15+,44-17+/t45-,46+,51?,52+,56+,57-,58+,63+,64+,71+,72+/m1/s1. The lowest BCUT2D eigenvalue weighted by Crippen LogP contribution is -2.63. The lowest BCUT2D eigenvalue weighted by molar-refractivity contribution is -0.158. The number of nitrogens with one attached hydrogen (secondary N) is 7. The van der Waals surface area contributed by atoms with Crippen LogP contribution in [0.4, 0.5) is 31.4 Å². The normalized spacial score (nSPS) is 23.4. The summed E-state index contributed by atoms with van der Waals surface area (Å²) in [5.74, 6) is -3.96. The molecule has 4 aliphatic rings. The van der Waals surface area contributed by atoms with E-state index in [-0.39, 0.29) is 82.2 Å². The van der Waals surface area contributed by atoms with Crippen LogP contribution in [0.1, 0.15) is 96.8 Å². The number of benzene rings is 3. The first kappa shape index (κ1) is 81.7. The quantitative estimate of drug-likeness (QED) is 0.0134. The van der Waals surface area contributed by atoms with Crippen molar-refractivity contribution < 1.29 is 86.2 Å². The van der Waals surface area contributed by atoms with Crippen LogP contribution in [-0.4, -0.2) is 224 Å². The number of ether oxygens (including phenoxy) is 8. The van der Waals surface area contributed by atoms with Crippen LogP contribution < -0.4 is 57.6 Å². The predicted octanol–water partition coefficient (Wildman–Crippen LogP) is 4.76. The Hall–Kier alpha value is -8.62. The molecular formula is C72H103ClN12O18. The maximum Gasteiger partial charge on any atom is 0.410 e. The number of amides is 9. The fourth-order valence-corrected chi connectivity index (χ4v) is 12.9. The third kappa shape index (κ3) is 22.9. The molecule has 3 aromatic rings. The number of urea groups is 1. The molecule has 103 heavy (non-hydrogen) atoms. The van der Waals surface area contributed by atoms with Crippen molar-refractivity contribution in [3.8, 4) is 5.75 Å². The number of hydrazine groups is 1. The largest absolute Gasteiger partial charge is 0.495 e. The van der Waals surface area contributed by atoms with Gasteiger partial charge in [0.05, 0.1) is 51.7 Å². The molecule has 566 valence electrons. The number of carbonyl (C=O) groups is 9. The van der Waals surface area contributed by atoms with Gasteiger partial charge in [-0.25, -0.2) is 24.2 Å². The van der Waals surface area contributed by atoms with Gasteiger partial charge in [0.15, 0.2) is 5.72 Å². The van der Waals surface area contributed by atoms with E-state index in [2.05, 4.69) is 54.4 Å². The molecule has 0 aromatic heterocycles. The first-order valence-electron chi connectivity index (χ1n) is 34.7. The minimum absolute atomic E-state index is 0.0352. The second-order valence-corrected chi connectivity index (χ2v) is 27.3. The fourth-order valence-electron chi connectivity index (χ4n) is 12.6. The monoisotopic (exact) mass is 1460 g/mol. The first-order chi connectivity index (χ1) is 49.0. The van der Waals surface area contributed by atoms with Crippen LogP contribution in [0.3, 0.4) is 0 Å². The smallest absolute Gasteiger partial charge is 0.410 e. The molecule has 31 heteroatoms. The zero-order chi connectivity index (χ0) is 75.3. The number of alkyl carbamates (subject to hydrolysis) is 1. The molecular weight excluding hydrogens is 1360 g/mol. The summed E-state index contributed by atoms with van der Waals surface area (Å²) in [5.41, 5.74) is 10.3. The highest BCUT2D eigenvalue weighted by atomic mass is 35.5. The number of primary amides is 1. The third-order valence-electron chi connectivity index (χ3n) is 18.9. The van der Waals surface area contributed by atoms with Crippen molar-refractivity contribution >= 4 is 82.4 Å². The number of likely N-dealkylation sites (N-methyl/N-ethyl adjacent to an activating group) is 2. The molecule has 0 aliphatic carbocycles. The number of nitrogens with two attached hydrogens (primary N) is 1. The number of rotatable bonds is 32. The molecule has 2 fully saturated rings. The molecule has 9 amide bonds. The highest BCUT2D eigenvalue weighted by Crippen LogP contribution is 2.49. The molecule has 10 N–H and O–H groups in total. The number of para-hydroxylation sites is 1. The molecule has 2 saturated heterocycles. The van der Waals surface area contributed by atoms with Crippen LogP contribution in [0.2, 0.25) is 5.02 Å². The highest BCUT2D eigenvalue weighted by molar-refractivity contribution is 6.35. The lowest BCUT2D eigenvalue weighted by atomic mass is 9.83. The molecule has 4 aliphatic heterocycles. The van der Waals surface area contributed by atoms with Crippen molar-refractivity contribution in [2.45, 2.75) is 159 Å². The summed E-state index contributed by atoms with van der Waals surface area (Å²) in [7, 11) is 9.59. The number of hydrogen-bond donors (Lipinski definition) is 9. The Balaban J connectivity index is 0.889. The maximum atomic E-state index is 14.5. The van der Waals surface area contributed by atoms with E-state index >= 15 is 0 Å². The van der Waals surface area contributed by atoms with Crippen molar-refractivity contribution in [2.75, 3.05) is 110 Å². The van der Waals surface area contributed by atoms with Gasteiger partial charge in [-0.3, -0.25) is 39.6 Å². The second-order valence-electron chi connectivity index (χ2n) is 26.9. The van der Waals surface area contributed by atoms with Crippen LogP contribution >= 0.6 is 11.6 Å². The number of halogens is 1. The molecule has 0 spiro atoms. The Bertz CT molecular complexity index is 3510. The number of anilines is 3. The van der Waals surface area contributed by atoms with Gasteiger partial charge >= 0.3 is 24.2 Å². The van der Waals surface area contributed by atoms with Gasteiger partial charge in [0.25, 0.3) is 0 Å². The summed E-state index contributed by atoms with van der Waals surface area (Å²) in [6, 6.07) is 14.1. The van der Waals surface area contributed by atoms with E-state index in [4.69, 9.17) is 55.2 Å². The number of carbonyl (C=O) groups excluding carboxylic acids is 9. The number of aliphatic hydroxyl groups is 1. The number of epoxide rings is 1. The fraction of sp³-hybridized carbons (Fsp3) is 0.569. The number of allylic oxidation sites excluding steroid dienone is 3. The Morgan fingerprint density at radius 3 is 2.30 bits per heavy atom. The van der Waals surface area contributed by atoms with E-state index in [1.54, 1.807) is 76.2 Å². The van der Waals surface area contributed by atoms with Gasteiger partial charge in [-0.2, -0.15) is 0 Å². The summed E-state index contributed by atoms with van der Waals surface area (Å²) in [5, 5.41) is 30.3. The summed E-state index contributed by atoms with van der Waals surface area (Å²) >= 11 is 6.85. The molecule has 0 saturated carbocycles. The van der Waals surface area contributed by atoms with Crippen LogP contribution in [-0.2, 0) is 81.4 Å². The van der Waals surface area contributed by atoms with Gasteiger partial charge in [-0.1, -0.05) is 86.5 Å². The number of fused-ring (bicyclic) bond motifs is 6. The number of hydrogen-bond acceptors (Lipinski definition) is 21. The topological polar surface area (TPSA) is 374 Å². The molecule has 4 bridgehead atoms. The van der Waals surface area contributed by atoms with Crippen LogP contribution in [0.5, 0.6) is 5.75 Å². The van der Waals surface area contributed by atoms with E-state index in [0.29, 0.717) is 48.6 Å². The third-order valence-corrected chi connectivity index (χ3v) is 19.3. The van der Waals surface area contributed by atoms with Crippen molar-refractivity contribution in [2.24, 2.45) is 17.6 Å². The van der Waals surface area contributed by atoms with Gasteiger partial charge in [-0.15, -0.1) is 0 Å². The van der Waals surface area contributed by atoms with Crippen molar-refractivity contribution in [1.82, 2.24) is 41.9 Å². The summed E-state index contributed by atoms with van der Waals surface area (Å²) in [6.45, 7) is 12.4. The number of esters is 1. The molecule has 0 radical (unpaired) electrons. The van der Waals surface area contributed by atoms with E-state index in [0.717, 1.165) is 34.7 Å². The minimum atomic E-state index is -1.92. The van der Waals surface area contributed by atoms with E-state index in [1.165, 1.54) is 45.7 Å². The predicted molar refractivity (Wildman–Crippen MR) is 384 cm³/mol. The van der Waals surface area contributed by atoms with Crippen LogP contribution in [0.15, 0.2) is 84.5 Å². The summed E-state index contributed by atoms with van der Waals surface area (Å²) < 4.78 is 46.4. The average molecular weight is 1460 g/mol. The Labute approximate surface area is 607 Å². The van der Waals surface area contributed by atoms with Crippen molar-refractivity contribution in [1.29, 1.82) is 0 Å². The zero-order valence-corrected chi connectivity index (χ0v) is 61.7. The second kappa shape index (κ2) is 38.2. The van der Waals surface area contributed by atoms with Gasteiger partial charge in [0.2, 0.25) is 29.5 Å².